The van der Waals surface area contributed by atoms with Crippen molar-refractivity contribution in [2.24, 2.45) is 5.73 Å². The van der Waals surface area contributed by atoms with E-state index in [1.54, 1.807) is 18.2 Å². The minimum absolute atomic E-state index is 0.177. The Bertz CT molecular complexity index is 605. The lowest BCUT2D eigenvalue weighted by molar-refractivity contribution is -0.0948. The molecule has 1 aromatic rings. The molecule has 1 aliphatic heterocycles. The number of nitrogens with two attached hydrogens (primary N) is 1. The fourth-order valence-electron chi connectivity index (χ4n) is 3.00. The summed E-state index contributed by atoms with van der Waals surface area (Å²) in [6.07, 6.45) is 0.354. The van der Waals surface area contributed by atoms with E-state index >= 15 is 0 Å². The van der Waals surface area contributed by atoms with Crippen molar-refractivity contribution in [3.05, 3.63) is 35.4 Å². The van der Waals surface area contributed by atoms with E-state index < -0.39 is 5.91 Å². The molecular weight excluding hydrogens is 306 g/mol. The van der Waals surface area contributed by atoms with Gasteiger partial charge in [0.15, 0.2) is 0 Å². The average Bonchev–Trinajstić information content (AvgIpc) is 2.52. The van der Waals surface area contributed by atoms with Gasteiger partial charge in [0.2, 0.25) is 5.91 Å². The quantitative estimate of drug-likeness (QED) is 0.853. The molecule has 6 heteroatoms. The van der Waals surface area contributed by atoms with Crippen molar-refractivity contribution >= 4 is 11.8 Å². The Hall–Kier alpha value is -1.92. The molecule has 3 N–H and O–H groups in total. The van der Waals surface area contributed by atoms with Gasteiger partial charge in [0, 0.05) is 36.3 Å². The first kappa shape index (κ1) is 18.4. The van der Waals surface area contributed by atoms with Gasteiger partial charge in [-0.3, -0.25) is 14.5 Å². The topological polar surface area (TPSA) is 84.7 Å². The zero-order chi connectivity index (χ0) is 17.9. The van der Waals surface area contributed by atoms with Crippen molar-refractivity contribution < 1.29 is 14.3 Å². The number of amides is 2. The summed E-state index contributed by atoms with van der Waals surface area (Å²) in [6, 6.07) is 6.45. The molecule has 6 nitrogen and oxygen atoms in total. The summed E-state index contributed by atoms with van der Waals surface area (Å²) >= 11 is 0. The molecule has 1 saturated heterocycles. The maximum atomic E-state index is 12.4. The highest BCUT2D eigenvalue weighted by Gasteiger charge is 2.33. The number of carbonyl (C=O) groups excluding carboxylic acids is 2. The molecule has 2 amide bonds. The van der Waals surface area contributed by atoms with Crippen LogP contribution in [-0.4, -0.2) is 54.1 Å². The lowest BCUT2D eigenvalue weighted by Crippen LogP contribution is -2.58. The molecule has 0 aliphatic carbocycles. The maximum absolute atomic E-state index is 12.4. The van der Waals surface area contributed by atoms with Gasteiger partial charge in [-0.05, 0) is 45.9 Å². The monoisotopic (exact) mass is 333 g/mol. The highest BCUT2D eigenvalue weighted by atomic mass is 16.5. The smallest absolute Gasteiger partial charge is 0.251 e. The molecule has 1 aliphatic rings. The van der Waals surface area contributed by atoms with Crippen LogP contribution >= 0.6 is 0 Å². The fraction of sp³-hybridized carbons (Fsp3) is 0.556. The number of benzene rings is 1. The van der Waals surface area contributed by atoms with Gasteiger partial charge in [0.1, 0.15) is 0 Å². The fourth-order valence-corrected chi connectivity index (χ4v) is 3.00. The Morgan fingerprint density at radius 1 is 1.25 bits per heavy atom. The molecular formula is C18H27N3O3. The standard InChI is InChI=1S/C18H27N3O3/c1-12-9-21(10-13(2)24-12)18(3,4)11-20-17(23)15-7-5-6-14(8-15)16(19)22/h5-8,12-13H,9-11H2,1-4H3,(H2,19,22)(H,20,23)/t12-,13-/m1/s1. The van der Waals surface area contributed by atoms with Gasteiger partial charge in [-0.1, -0.05) is 6.07 Å². The average molecular weight is 333 g/mol. The maximum Gasteiger partial charge on any atom is 0.251 e. The summed E-state index contributed by atoms with van der Waals surface area (Å²) in [5, 5.41) is 2.96. The molecule has 2 atom stereocenters. The second-order valence-electron chi connectivity index (χ2n) is 7.10. The van der Waals surface area contributed by atoms with Gasteiger partial charge >= 0.3 is 0 Å². The third-order valence-electron chi connectivity index (χ3n) is 4.37. The highest BCUT2D eigenvalue weighted by molar-refractivity contribution is 5.99. The molecule has 1 fully saturated rings. The van der Waals surface area contributed by atoms with Crippen molar-refractivity contribution in [3.63, 3.8) is 0 Å². The van der Waals surface area contributed by atoms with E-state index in [0.29, 0.717) is 17.7 Å². The second kappa shape index (κ2) is 7.32. The van der Waals surface area contributed by atoms with Crippen LogP contribution in [0.4, 0.5) is 0 Å². The van der Waals surface area contributed by atoms with E-state index in [-0.39, 0.29) is 23.7 Å². The Morgan fingerprint density at radius 2 is 1.83 bits per heavy atom. The van der Waals surface area contributed by atoms with Gasteiger partial charge in [-0.15, -0.1) is 0 Å². The molecule has 132 valence electrons. The summed E-state index contributed by atoms with van der Waals surface area (Å²) in [7, 11) is 0. The minimum Gasteiger partial charge on any atom is -0.373 e. The molecule has 0 radical (unpaired) electrons. The molecule has 2 rings (SSSR count). The lowest BCUT2D eigenvalue weighted by atomic mass is 9.99. The summed E-state index contributed by atoms with van der Waals surface area (Å²) in [5.41, 5.74) is 5.84. The number of rotatable bonds is 5. The molecule has 0 unspecified atom stereocenters. The third-order valence-corrected chi connectivity index (χ3v) is 4.37. The van der Waals surface area contributed by atoms with Gasteiger partial charge in [0.25, 0.3) is 5.91 Å². The van der Waals surface area contributed by atoms with Crippen LogP contribution in [0, 0.1) is 0 Å². The van der Waals surface area contributed by atoms with Crippen molar-refractivity contribution in [1.29, 1.82) is 0 Å². The number of hydrogen-bond acceptors (Lipinski definition) is 4. The van der Waals surface area contributed by atoms with Gasteiger partial charge < -0.3 is 15.8 Å². The number of carbonyl (C=O) groups is 2. The highest BCUT2D eigenvalue weighted by Crippen LogP contribution is 2.20. The predicted octanol–water partition coefficient (Wildman–Crippen LogP) is 1.40. The number of primary amides is 1. The number of morpholine rings is 1. The zero-order valence-corrected chi connectivity index (χ0v) is 14.8. The van der Waals surface area contributed by atoms with Gasteiger partial charge in [-0.25, -0.2) is 0 Å². The Labute approximate surface area is 143 Å². The second-order valence-corrected chi connectivity index (χ2v) is 7.10. The Morgan fingerprint density at radius 3 is 2.42 bits per heavy atom. The van der Waals surface area contributed by atoms with Crippen molar-refractivity contribution in [1.82, 2.24) is 10.2 Å². The third kappa shape index (κ3) is 4.55. The van der Waals surface area contributed by atoms with Crippen molar-refractivity contribution in [3.8, 4) is 0 Å². The minimum atomic E-state index is -0.540. The van der Waals surface area contributed by atoms with E-state index in [2.05, 4.69) is 37.9 Å². The van der Waals surface area contributed by atoms with Crippen LogP contribution in [-0.2, 0) is 4.74 Å². The van der Waals surface area contributed by atoms with E-state index in [0.717, 1.165) is 13.1 Å². The van der Waals surface area contributed by atoms with E-state index in [4.69, 9.17) is 10.5 Å². The summed E-state index contributed by atoms with van der Waals surface area (Å²) in [5.74, 6) is -0.748. The first-order valence-corrected chi connectivity index (χ1v) is 8.27. The van der Waals surface area contributed by atoms with Crippen LogP contribution in [0.5, 0.6) is 0 Å². The SMILES string of the molecule is C[C@@H]1CN(C(C)(C)CNC(=O)c2cccc(C(N)=O)c2)C[C@@H](C)O1. The van der Waals surface area contributed by atoms with Crippen LogP contribution in [0.2, 0.25) is 0 Å². The molecule has 0 bridgehead atoms. The van der Waals surface area contributed by atoms with Crippen LogP contribution < -0.4 is 11.1 Å². The Kier molecular flexibility index (Phi) is 5.62. The van der Waals surface area contributed by atoms with Crippen LogP contribution in [0.25, 0.3) is 0 Å². The number of ether oxygens (including phenoxy) is 1. The summed E-state index contributed by atoms with van der Waals surface area (Å²) < 4.78 is 5.77. The molecule has 0 aromatic heterocycles. The normalized spacial score (nSPS) is 22.2. The summed E-state index contributed by atoms with van der Waals surface area (Å²) in [4.78, 5) is 25.9. The number of nitrogens with zero attached hydrogens (tertiary/aromatic N) is 1. The Balaban J connectivity index is 1.99. The van der Waals surface area contributed by atoms with Crippen molar-refractivity contribution in [2.45, 2.75) is 45.4 Å². The first-order valence-electron chi connectivity index (χ1n) is 8.27. The molecule has 0 saturated carbocycles. The predicted molar refractivity (Wildman–Crippen MR) is 93.0 cm³/mol. The molecule has 1 aromatic carbocycles. The first-order chi connectivity index (χ1) is 11.2. The molecule has 1 heterocycles. The lowest BCUT2D eigenvalue weighted by Gasteiger charge is -2.45. The van der Waals surface area contributed by atoms with E-state index in [1.807, 2.05) is 0 Å². The summed E-state index contributed by atoms with van der Waals surface area (Å²) in [6.45, 7) is 10.5. The van der Waals surface area contributed by atoms with Crippen LogP contribution in [0.15, 0.2) is 24.3 Å². The molecule has 0 spiro atoms. The van der Waals surface area contributed by atoms with Crippen LogP contribution in [0.3, 0.4) is 0 Å². The van der Waals surface area contributed by atoms with E-state index in [9.17, 15) is 9.59 Å². The number of hydrogen-bond donors (Lipinski definition) is 2. The van der Waals surface area contributed by atoms with Gasteiger partial charge in [0.05, 0.1) is 12.2 Å². The van der Waals surface area contributed by atoms with E-state index in [1.165, 1.54) is 6.07 Å². The number of nitrogens with one attached hydrogen (secondary N) is 1. The van der Waals surface area contributed by atoms with Gasteiger partial charge in [-0.2, -0.15) is 0 Å². The largest absolute Gasteiger partial charge is 0.373 e. The molecule has 24 heavy (non-hydrogen) atoms. The van der Waals surface area contributed by atoms with Crippen LogP contribution in [0.1, 0.15) is 48.4 Å². The van der Waals surface area contributed by atoms with Crippen molar-refractivity contribution in [2.75, 3.05) is 19.6 Å². The zero-order valence-electron chi connectivity index (χ0n) is 14.8.